The van der Waals surface area contributed by atoms with Crippen molar-refractivity contribution in [1.82, 2.24) is 30.0 Å². The first-order chi connectivity index (χ1) is 25.1. The van der Waals surface area contributed by atoms with Gasteiger partial charge in [-0.1, -0.05) is 90.5 Å². The molecule has 0 aliphatic carbocycles. The average Bonchev–Trinajstić information content (AvgIpc) is 3.62. The molecule has 51 heavy (non-hydrogen) atoms. The fourth-order valence-corrected chi connectivity index (χ4v) is 7.32. The molecule has 0 spiro atoms. The summed E-state index contributed by atoms with van der Waals surface area (Å²) in [6.45, 7) is 10.8. The lowest BCUT2D eigenvalue weighted by Crippen LogP contribution is -2.47. The number of rotatable bonds is 12. The van der Waals surface area contributed by atoms with E-state index < -0.39 is 6.10 Å². The molecule has 9 nitrogen and oxygen atoms in total. The molecular weight excluding hydrogens is 660 g/mol. The predicted octanol–water partition coefficient (Wildman–Crippen LogP) is 6.83. The molecule has 2 N–H and O–H groups in total. The highest BCUT2D eigenvalue weighted by Crippen LogP contribution is 2.32. The number of imidazole rings is 1. The zero-order valence-electron chi connectivity index (χ0n) is 29.3. The van der Waals surface area contributed by atoms with Crippen molar-refractivity contribution in [2.24, 2.45) is 0 Å². The summed E-state index contributed by atoms with van der Waals surface area (Å²) in [4.78, 5) is 28.8. The van der Waals surface area contributed by atoms with E-state index in [1.807, 2.05) is 31.2 Å². The lowest BCUT2D eigenvalue weighted by atomic mass is 9.96. The number of halogens is 1. The molecule has 2 atom stereocenters. The van der Waals surface area contributed by atoms with E-state index in [1.54, 1.807) is 4.90 Å². The van der Waals surface area contributed by atoms with Crippen LogP contribution in [-0.2, 0) is 22.4 Å². The number of hydrogen-bond donors (Lipinski definition) is 2. The smallest absolute Gasteiger partial charge is 0.410 e. The summed E-state index contributed by atoms with van der Waals surface area (Å²) in [5.41, 5.74) is 7.57. The lowest BCUT2D eigenvalue weighted by Gasteiger charge is -2.40. The van der Waals surface area contributed by atoms with Crippen molar-refractivity contribution in [2.45, 2.75) is 32.0 Å². The van der Waals surface area contributed by atoms with Crippen LogP contribution < -0.4 is 5.32 Å². The van der Waals surface area contributed by atoms with Crippen LogP contribution in [0.4, 0.5) is 4.79 Å². The minimum absolute atomic E-state index is 0.185. The molecule has 1 amide bonds. The number of nitrogens with one attached hydrogen (secondary N) is 2. The van der Waals surface area contributed by atoms with Crippen molar-refractivity contribution in [1.29, 1.82) is 0 Å². The second-order valence-corrected chi connectivity index (χ2v) is 13.7. The van der Waals surface area contributed by atoms with Gasteiger partial charge in [0.2, 0.25) is 0 Å². The molecule has 266 valence electrons. The van der Waals surface area contributed by atoms with Gasteiger partial charge in [0.05, 0.1) is 23.7 Å². The number of amides is 1. The van der Waals surface area contributed by atoms with Crippen LogP contribution in [0, 0.1) is 0 Å². The molecule has 7 rings (SSSR count). The normalized spacial score (nSPS) is 17.0. The van der Waals surface area contributed by atoms with Crippen LogP contribution in [0.25, 0.3) is 11.0 Å². The maximum absolute atomic E-state index is 13.4. The molecule has 2 fully saturated rings. The van der Waals surface area contributed by atoms with Gasteiger partial charge in [0.1, 0.15) is 0 Å². The van der Waals surface area contributed by atoms with E-state index in [0.29, 0.717) is 32.1 Å². The predicted molar refractivity (Wildman–Crippen MR) is 202 cm³/mol. The summed E-state index contributed by atoms with van der Waals surface area (Å²) in [6.07, 6.45) is -0.231. The van der Waals surface area contributed by atoms with Crippen LogP contribution in [0.1, 0.15) is 52.7 Å². The van der Waals surface area contributed by atoms with Gasteiger partial charge in [-0.25, -0.2) is 9.78 Å². The van der Waals surface area contributed by atoms with Gasteiger partial charge in [0.15, 0.2) is 11.9 Å². The number of carbonyl (C=O) groups is 1. The highest BCUT2D eigenvalue weighted by atomic mass is 35.5. The van der Waals surface area contributed by atoms with Crippen LogP contribution in [0.5, 0.6) is 0 Å². The minimum atomic E-state index is -0.667. The van der Waals surface area contributed by atoms with Crippen LogP contribution in [-0.4, -0.2) is 96.3 Å². The first-order valence-corrected chi connectivity index (χ1v) is 18.5. The van der Waals surface area contributed by atoms with Crippen LogP contribution in [0.15, 0.2) is 97.1 Å². The molecular formula is C41H47ClN6O3. The molecule has 0 saturated carbocycles. The zero-order chi connectivity index (χ0) is 35.0. The second-order valence-electron chi connectivity index (χ2n) is 13.3. The molecule has 2 aliphatic rings. The van der Waals surface area contributed by atoms with Gasteiger partial charge >= 0.3 is 6.09 Å². The van der Waals surface area contributed by atoms with Crippen molar-refractivity contribution in [2.75, 3.05) is 65.6 Å². The van der Waals surface area contributed by atoms with Crippen LogP contribution >= 0.6 is 11.6 Å². The standard InChI is InChI=1S/C41H47ClN6O3/c1-2-50-28-19-31-9-6-10-36-37(31)45-40(44-36)39(51-41(49)48-22-20-43-21-23-48)34-13-11-30(12-14-34)29-46-24-26-47(27-25-46)38(32-7-4-3-5-8-32)33-15-17-35(42)18-16-33/h3-18,38-39,43H,2,19-29H2,1H3,(H,44,45). The summed E-state index contributed by atoms with van der Waals surface area (Å²) >= 11 is 6.24. The maximum Gasteiger partial charge on any atom is 0.410 e. The molecule has 5 aromatic rings. The summed E-state index contributed by atoms with van der Waals surface area (Å²) in [7, 11) is 0. The summed E-state index contributed by atoms with van der Waals surface area (Å²) in [6, 6.07) is 33.8. The summed E-state index contributed by atoms with van der Waals surface area (Å²) in [5.74, 6) is 0.620. The van der Waals surface area contributed by atoms with Gasteiger partial charge in [-0.2, -0.15) is 0 Å². The highest BCUT2D eigenvalue weighted by Gasteiger charge is 2.29. The Bertz CT molecular complexity index is 1850. The number of aromatic nitrogens is 2. The number of aromatic amines is 1. The number of hydrogen-bond acceptors (Lipinski definition) is 7. The van der Waals surface area contributed by atoms with Crippen molar-refractivity contribution < 1.29 is 14.3 Å². The Hall–Kier alpha value is -4.25. The number of H-pyrrole nitrogens is 1. The van der Waals surface area contributed by atoms with Gasteiger partial charge < -0.3 is 24.7 Å². The van der Waals surface area contributed by atoms with E-state index in [2.05, 4.69) is 92.9 Å². The average molecular weight is 707 g/mol. The number of fused-ring (bicyclic) bond motifs is 1. The van der Waals surface area contributed by atoms with Crippen LogP contribution in [0.3, 0.4) is 0 Å². The molecule has 10 heteroatoms. The quantitative estimate of drug-likeness (QED) is 0.138. The molecule has 2 saturated heterocycles. The fraction of sp³-hybridized carbons (Fsp3) is 0.366. The van der Waals surface area contributed by atoms with E-state index in [0.717, 1.165) is 79.4 Å². The van der Waals surface area contributed by atoms with Gasteiger partial charge in [0, 0.05) is 76.1 Å². The second kappa shape index (κ2) is 16.8. The molecule has 1 aromatic heterocycles. The van der Waals surface area contributed by atoms with E-state index in [1.165, 1.54) is 16.7 Å². The largest absolute Gasteiger partial charge is 0.433 e. The van der Waals surface area contributed by atoms with Crippen LogP contribution in [0.2, 0.25) is 5.02 Å². The lowest BCUT2D eigenvalue weighted by molar-refractivity contribution is 0.0709. The number of ether oxygens (including phenoxy) is 2. The highest BCUT2D eigenvalue weighted by molar-refractivity contribution is 6.30. The van der Waals surface area contributed by atoms with Gasteiger partial charge in [-0.15, -0.1) is 0 Å². The van der Waals surface area contributed by atoms with Gasteiger partial charge in [0.25, 0.3) is 0 Å². The Labute approximate surface area is 305 Å². The van der Waals surface area contributed by atoms with Gasteiger partial charge in [-0.05, 0) is 53.8 Å². The Kier molecular flexibility index (Phi) is 11.6. The number of para-hydroxylation sites is 1. The number of benzene rings is 4. The van der Waals surface area contributed by atoms with Gasteiger partial charge in [-0.3, -0.25) is 9.80 Å². The third-order valence-electron chi connectivity index (χ3n) is 9.94. The molecule has 0 bridgehead atoms. The number of carbonyl (C=O) groups excluding carboxylic acids is 1. The first-order valence-electron chi connectivity index (χ1n) is 18.1. The molecule has 2 aliphatic heterocycles. The third kappa shape index (κ3) is 8.63. The Balaban J connectivity index is 1.06. The summed E-state index contributed by atoms with van der Waals surface area (Å²) < 4.78 is 11.9. The van der Waals surface area contributed by atoms with E-state index in [9.17, 15) is 4.79 Å². The Morgan fingerprint density at radius 2 is 1.53 bits per heavy atom. The van der Waals surface area contributed by atoms with E-state index in [4.69, 9.17) is 26.1 Å². The summed E-state index contributed by atoms with van der Waals surface area (Å²) in [5, 5.41) is 4.06. The molecule has 2 unspecified atom stereocenters. The zero-order valence-corrected chi connectivity index (χ0v) is 30.0. The number of nitrogens with zero attached hydrogens (tertiary/aromatic N) is 4. The Morgan fingerprint density at radius 3 is 2.25 bits per heavy atom. The SMILES string of the molecule is CCOCCc1cccc2[nH]c(C(OC(=O)N3CCNCC3)c3ccc(CN4CCN(C(c5ccccc5)c5ccc(Cl)cc5)CC4)cc3)nc12. The topological polar surface area (TPSA) is 86.0 Å². The van der Waals surface area contributed by atoms with Crippen molar-refractivity contribution in [3.05, 3.63) is 136 Å². The van der Waals surface area contributed by atoms with Crippen molar-refractivity contribution in [3.63, 3.8) is 0 Å². The fourth-order valence-electron chi connectivity index (χ4n) is 7.20. The Morgan fingerprint density at radius 1 is 0.824 bits per heavy atom. The van der Waals surface area contributed by atoms with E-state index >= 15 is 0 Å². The molecule has 4 aromatic carbocycles. The maximum atomic E-state index is 13.4. The van der Waals surface area contributed by atoms with E-state index in [-0.39, 0.29) is 12.1 Å². The third-order valence-corrected chi connectivity index (χ3v) is 10.2. The first kappa shape index (κ1) is 35.2. The van der Waals surface area contributed by atoms with Crippen molar-refractivity contribution in [3.8, 4) is 0 Å². The monoisotopic (exact) mass is 706 g/mol. The molecule has 3 heterocycles. The van der Waals surface area contributed by atoms with Crippen molar-refractivity contribution >= 4 is 28.7 Å². The minimum Gasteiger partial charge on any atom is -0.433 e. The number of piperazine rings is 2. The molecule has 0 radical (unpaired) electrons.